The zero-order valence-corrected chi connectivity index (χ0v) is 8.71. The molecule has 0 fully saturated rings. The van der Waals surface area contributed by atoms with Gasteiger partial charge in [0.15, 0.2) is 0 Å². The lowest BCUT2D eigenvalue weighted by Gasteiger charge is -2.08. The maximum atomic E-state index is 9.41. The fourth-order valence-electron chi connectivity index (χ4n) is 1.06. The highest BCUT2D eigenvalue weighted by molar-refractivity contribution is 9.10. The average molecular weight is 229 g/mol. The first-order valence-electron chi connectivity index (χ1n) is 4.15. The number of hydrogen-bond donors (Lipinski definition) is 1. The van der Waals surface area contributed by atoms with E-state index < -0.39 is 0 Å². The number of rotatable bonds is 3. The molecule has 1 rings (SSSR count). The standard InChI is InChI=1S/C10H13BrO/c1-2-9(12)7-8-5-3-4-6-10(8)11/h3-6,9,12H,2,7H2,1H3. The summed E-state index contributed by atoms with van der Waals surface area (Å²) in [7, 11) is 0. The Kier molecular flexibility index (Phi) is 3.76. The summed E-state index contributed by atoms with van der Waals surface area (Å²) in [6, 6.07) is 8.00. The molecule has 12 heavy (non-hydrogen) atoms. The van der Waals surface area contributed by atoms with Crippen LogP contribution in [0.3, 0.4) is 0 Å². The van der Waals surface area contributed by atoms with Crippen molar-refractivity contribution in [3.05, 3.63) is 34.3 Å². The number of aliphatic hydroxyl groups is 1. The number of hydrogen-bond acceptors (Lipinski definition) is 1. The van der Waals surface area contributed by atoms with Crippen LogP contribution in [0.1, 0.15) is 18.9 Å². The molecular formula is C10H13BrO. The second-order valence-electron chi connectivity index (χ2n) is 2.86. The molecule has 0 aliphatic heterocycles. The van der Waals surface area contributed by atoms with Crippen LogP contribution in [0.4, 0.5) is 0 Å². The van der Waals surface area contributed by atoms with Crippen molar-refractivity contribution < 1.29 is 5.11 Å². The zero-order chi connectivity index (χ0) is 8.97. The Morgan fingerprint density at radius 1 is 1.42 bits per heavy atom. The van der Waals surface area contributed by atoms with E-state index in [1.807, 2.05) is 31.2 Å². The number of halogens is 1. The number of benzene rings is 1. The predicted octanol–water partition coefficient (Wildman–Crippen LogP) is 2.76. The Morgan fingerprint density at radius 3 is 2.67 bits per heavy atom. The summed E-state index contributed by atoms with van der Waals surface area (Å²) in [5.41, 5.74) is 1.17. The smallest absolute Gasteiger partial charge is 0.0578 e. The fraction of sp³-hybridized carbons (Fsp3) is 0.400. The Hall–Kier alpha value is -0.340. The van der Waals surface area contributed by atoms with Crippen molar-refractivity contribution in [1.82, 2.24) is 0 Å². The lowest BCUT2D eigenvalue weighted by atomic mass is 10.1. The van der Waals surface area contributed by atoms with Crippen molar-refractivity contribution in [1.29, 1.82) is 0 Å². The van der Waals surface area contributed by atoms with Gasteiger partial charge in [0.25, 0.3) is 0 Å². The molecule has 0 amide bonds. The lowest BCUT2D eigenvalue weighted by Crippen LogP contribution is -2.08. The Labute approximate surface area is 81.6 Å². The van der Waals surface area contributed by atoms with Crippen LogP contribution in [0.5, 0.6) is 0 Å². The minimum absolute atomic E-state index is 0.219. The molecule has 0 radical (unpaired) electrons. The van der Waals surface area contributed by atoms with Crippen molar-refractivity contribution in [3.8, 4) is 0 Å². The Balaban J connectivity index is 2.69. The van der Waals surface area contributed by atoms with Gasteiger partial charge in [0.2, 0.25) is 0 Å². The van der Waals surface area contributed by atoms with Gasteiger partial charge in [-0.3, -0.25) is 0 Å². The third kappa shape index (κ3) is 2.61. The summed E-state index contributed by atoms with van der Waals surface area (Å²) in [5.74, 6) is 0. The van der Waals surface area contributed by atoms with Crippen LogP contribution >= 0.6 is 15.9 Å². The van der Waals surface area contributed by atoms with Gasteiger partial charge < -0.3 is 5.11 Å². The predicted molar refractivity (Wildman–Crippen MR) is 54.1 cm³/mol. The monoisotopic (exact) mass is 228 g/mol. The second kappa shape index (κ2) is 4.63. The third-order valence-electron chi connectivity index (χ3n) is 1.88. The molecule has 1 aromatic rings. The molecule has 66 valence electrons. The minimum Gasteiger partial charge on any atom is -0.393 e. The van der Waals surface area contributed by atoms with Crippen molar-refractivity contribution in [2.45, 2.75) is 25.9 Å². The van der Waals surface area contributed by atoms with E-state index in [4.69, 9.17) is 0 Å². The van der Waals surface area contributed by atoms with Crippen LogP contribution < -0.4 is 0 Å². The molecule has 0 saturated carbocycles. The molecule has 1 atom stereocenters. The van der Waals surface area contributed by atoms with Crippen LogP contribution in [0.25, 0.3) is 0 Å². The molecule has 0 aliphatic rings. The number of aliphatic hydroxyl groups excluding tert-OH is 1. The van der Waals surface area contributed by atoms with E-state index in [1.54, 1.807) is 0 Å². The first-order valence-corrected chi connectivity index (χ1v) is 4.94. The van der Waals surface area contributed by atoms with E-state index >= 15 is 0 Å². The average Bonchev–Trinajstić information content (AvgIpc) is 2.09. The van der Waals surface area contributed by atoms with Gasteiger partial charge in [-0.05, 0) is 24.5 Å². The normalized spacial score (nSPS) is 12.9. The topological polar surface area (TPSA) is 20.2 Å². The first kappa shape index (κ1) is 9.75. The van der Waals surface area contributed by atoms with E-state index in [0.29, 0.717) is 0 Å². The maximum Gasteiger partial charge on any atom is 0.0578 e. The molecule has 1 nitrogen and oxygen atoms in total. The van der Waals surface area contributed by atoms with Gasteiger partial charge >= 0.3 is 0 Å². The van der Waals surface area contributed by atoms with Crippen molar-refractivity contribution >= 4 is 15.9 Å². The maximum absolute atomic E-state index is 9.41. The summed E-state index contributed by atoms with van der Waals surface area (Å²) in [6.45, 7) is 1.99. The van der Waals surface area contributed by atoms with Gasteiger partial charge in [-0.2, -0.15) is 0 Å². The van der Waals surface area contributed by atoms with Gasteiger partial charge in [-0.25, -0.2) is 0 Å². The van der Waals surface area contributed by atoms with Crippen molar-refractivity contribution in [3.63, 3.8) is 0 Å². The molecule has 0 aliphatic carbocycles. The zero-order valence-electron chi connectivity index (χ0n) is 7.13. The van der Waals surface area contributed by atoms with Crippen LogP contribution in [0, 0.1) is 0 Å². The molecule has 0 spiro atoms. The molecular weight excluding hydrogens is 216 g/mol. The van der Waals surface area contributed by atoms with Gasteiger partial charge in [0.05, 0.1) is 6.10 Å². The van der Waals surface area contributed by atoms with E-state index in [9.17, 15) is 5.11 Å². The summed E-state index contributed by atoms with van der Waals surface area (Å²) in [6.07, 6.45) is 1.32. The Bertz CT molecular complexity index is 247. The summed E-state index contributed by atoms with van der Waals surface area (Å²) in [4.78, 5) is 0. The third-order valence-corrected chi connectivity index (χ3v) is 2.66. The van der Waals surface area contributed by atoms with Gasteiger partial charge in [-0.1, -0.05) is 41.1 Å². The molecule has 2 heteroatoms. The van der Waals surface area contributed by atoms with E-state index in [0.717, 1.165) is 17.3 Å². The lowest BCUT2D eigenvalue weighted by molar-refractivity contribution is 0.170. The highest BCUT2D eigenvalue weighted by Gasteiger charge is 2.04. The molecule has 0 aromatic heterocycles. The van der Waals surface area contributed by atoms with Gasteiger partial charge in [0.1, 0.15) is 0 Å². The molecule has 1 N–H and O–H groups in total. The largest absolute Gasteiger partial charge is 0.393 e. The van der Waals surface area contributed by atoms with Crippen molar-refractivity contribution in [2.75, 3.05) is 0 Å². The molecule has 1 unspecified atom stereocenters. The fourth-order valence-corrected chi connectivity index (χ4v) is 1.51. The van der Waals surface area contributed by atoms with E-state index in [1.165, 1.54) is 5.56 Å². The van der Waals surface area contributed by atoms with E-state index in [-0.39, 0.29) is 6.10 Å². The molecule has 1 aromatic carbocycles. The Morgan fingerprint density at radius 2 is 2.08 bits per heavy atom. The summed E-state index contributed by atoms with van der Waals surface area (Å²) >= 11 is 3.44. The van der Waals surface area contributed by atoms with Crippen molar-refractivity contribution in [2.24, 2.45) is 0 Å². The van der Waals surface area contributed by atoms with Crippen LogP contribution in [-0.4, -0.2) is 11.2 Å². The summed E-state index contributed by atoms with van der Waals surface area (Å²) in [5, 5.41) is 9.41. The minimum atomic E-state index is -0.219. The van der Waals surface area contributed by atoms with Gasteiger partial charge in [0, 0.05) is 4.47 Å². The van der Waals surface area contributed by atoms with E-state index in [2.05, 4.69) is 15.9 Å². The highest BCUT2D eigenvalue weighted by atomic mass is 79.9. The first-order chi connectivity index (χ1) is 5.74. The molecule has 0 bridgehead atoms. The molecule has 0 saturated heterocycles. The van der Waals surface area contributed by atoms with Gasteiger partial charge in [-0.15, -0.1) is 0 Å². The quantitative estimate of drug-likeness (QED) is 0.844. The highest BCUT2D eigenvalue weighted by Crippen LogP contribution is 2.17. The second-order valence-corrected chi connectivity index (χ2v) is 3.71. The van der Waals surface area contributed by atoms with Crippen LogP contribution in [0.15, 0.2) is 28.7 Å². The van der Waals surface area contributed by atoms with Crippen LogP contribution in [0.2, 0.25) is 0 Å². The SMILES string of the molecule is CCC(O)Cc1ccccc1Br. The molecule has 0 heterocycles. The van der Waals surface area contributed by atoms with Crippen LogP contribution in [-0.2, 0) is 6.42 Å². The summed E-state index contributed by atoms with van der Waals surface area (Å²) < 4.78 is 1.08.